The fourth-order valence-corrected chi connectivity index (χ4v) is 3.89. The maximum atomic E-state index is 13.1. The molecule has 4 nitrogen and oxygen atoms in total. The van der Waals surface area contributed by atoms with E-state index in [2.05, 4.69) is 23.3 Å². The molecule has 2 aromatic rings. The summed E-state index contributed by atoms with van der Waals surface area (Å²) in [6.45, 7) is 1.22. The smallest absolute Gasteiger partial charge is 0.224 e. The number of anilines is 1. The first kappa shape index (κ1) is 21.3. The highest BCUT2D eigenvalue weighted by molar-refractivity contribution is 5.91. The first-order valence-corrected chi connectivity index (χ1v) is 10.6. The van der Waals surface area contributed by atoms with Crippen LogP contribution in [0.5, 0.6) is 5.75 Å². The third kappa shape index (κ3) is 6.86. The zero-order valence-corrected chi connectivity index (χ0v) is 17.2. The molecule has 1 amide bonds. The van der Waals surface area contributed by atoms with Crippen molar-refractivity contribution < 1.29 is 13.9 Å². The number of rotatable bonds is 9. The van der Waals surface area contributed by atoms with Gasteiger partial charge in [0.2, 0.25) is 5.91 Å². The van der Waals surface area contributed by atoms with Gasteiger partial charge in [-0.25, -0.2) is 4.39 Å². The number of carbonyl (C=O) groups is 1. The van der Waals surface area contributed by atoms with Crippen LogP contribution in [-0.4, -0.2) is 30.5 Å². The molecule has 1 fully saturated rings. The number of carbonyl (C=O) groups excluding carboxylic acids is 1. The quantitative estimate of drug-likeness (QED) is 0.576. The average Bonchev–Trinajstić information content (AvgIpc) is 2.73. The molecule has 0 atom stereocenters. The largest absolute Gasteiger partial charge is 0.493 e. The molecule has 5 heteroatoms. The monoisotopic (exact) mass is 398 g/mol. The van der Waals surface area contributed by atoms with Gasteiger partial charge in [-0.1, -0.05) is 43.5 Å². The van der Waals surface area contributed by atoms with Crippen LogP contribution in [0.2, 0.25) is 0 Å². The Morgan fingerprint density at radius 3 is 2.72 bits per heavy atom. The SMILES string of the molecule is CN(Cc1ccccc1NC(=O)CCCOc1cccc(F)c1)C1CCCCC1. The molecule has 1 aliphatic carbocycles. The fraction of sp³-hybridized carbons (Fsp3) is 0.458. The minimum Gasteiger partial charge on any atom is -0.493 e. The van der Waals surface area contributed by atoms with Gasteiger partial charge < -0.3 is 10.1 Å². The summed E-state index contributed by atoms with van der Waals surface area (Å²) >= 11 is 0. The topological polar surface area (TPSA) is 41.6 Å². The lowest BCUT2D eigenvalue weighted by atomic mass is 9.94. The van der Waals surface area contributed by atoms with Crippen LogP contribution in [-0.2, 0) is 11.3 Å². The first-order valence-electron chi connectivity index (χ1n) is 10.6. The number of nitrogens with one attached hydrogen (secondary N) is 1. The molecule has 0 aliphatic heterocycles. The van der Waals surface area contributed by atoms with Crippen LogP contribution < -0.4 is 10.1 Å². The van der Waals surface area contributed by atoms with Gasteiger partial charge in [-0.05, 0) is 50.1 Å². The van der Waals surface area contributed by atoms with Gasteiger partial charge in [0.1, 0.15) is 11.6 Å². The maximum absolute atomic E-state index is 13.1. The Hall–Kier alpha value is -2.40. The number of hydrogen-bond acceptors (Lipinski definition) is 3. The van der Waals surface area contributed by atoms with Crippen molar-refractivity contribution in [2.24, 2.45) is 0 Å². The predicted molar refractivity (Wildman–Crippen MR) is 115 cm³/mol. The second-order valence-electron chi connectivity index (χ2n) is 7.82. The minimum atomic E-state index is -0.324. The van der Waals surface area contributed by atoms with Crippen LogP contribution >= 0.6 is 0 Å². The zero-order valence-electron chi connectivity index (χ0n) is 17.2. The van der Waals surface area contributed by atoms with Gasteiger partial charge >= 0.3 is 0 Å². The van der Waals surface area contributed by atoms with Crippen molar-refractivity contribution in [3.8, 4) is 5.75 Å². The van der Waals surface area contributed by atoms with Crippen LogP contribution in [0, 0.1) is 5.82 Å². The van der Waals surface area contributed by atoms with Crippen molar-refractivity contribution in [3.63, 3.8) is 0 Å². The van der Waals surface area contributed by atoms with Gasteiger partial charge in [-0.15, -0.1) is 0 Å². The summed E-state index contributed by atoms with van der Waals surface area (Å²) in [5, 5.41) is 3.05. The highest BCUT2D eigenvalue weighted by Gasteiger charge is 2.19. The van der Waals surface area contributed by atoms with Gasteiger partial charge in [-0.3, -0.25) is 9.69 Å². The Labute approximate surface area is 173 Å². The van der Waals surface area contributed by atoms with E-state index in [0.717, 1.165) is 17.8 Å². The Morgan fingerprint density at radius 1 is 1.14 bits per heavy atom. The van der Waals surface area contributed by atoms with Crippen molar-refractivity contribution in [1.29, 1.82) is 0 Å². The minimum absolute atomic E-state index is 0.0272. The van der Waals surface area contributed by atoms with E-state index in [4.69, 9.17) is 4.74 Å². The summed E-state index contributed by atoms with van der Waals surface area (Å²) in [6, 6.07) is 14.7. The number of halogens is 1. The van der Waals surface area contributed by atoms with Crippen molar-refractivity contribution in [1.82, 2.24) is 4.90 Å². The maximum Gasteiger partial charge on any atom is 0.224 e. The van der Waals surface area contributed by atoms with E-state index in [-0.39, 0.29) is 11.7 Å². The molecule has 29 heavy (non-hydrogen) atoms. The van der Waals surface area contributed by atoms with Gasteiger partial charge in [0.05, 0.1) is 6.61 Å². The highest BCUT2D eigenvalue weighted by atomic mass is 19.1. The summed E-state index contributed by atoms with van der Waals surface area (Å²) in [4.78, 5) is 14.8. The van der Waals surface area contributed by atoms with Crippen molar-refractivity contribution in [2.75, 3.05) is 19.0 Å². The predicted octanol–water partition coefficient (Wildman–Crippen LogP) is 5.39. The molecule has 0 spiro atoms. The van der Waals surface area contributed by atoms with Crippen LogP contribution in [0.15, 0.2) is 48.5 Å². The third-order valence-corrected chi connectivity index (χ3v) is 5.52. The molecule has 0 heterocycles. The fourth-order valence-electron chi connectivity index (χ4n) is 3.89. The Balaban J connectivity index is 1.46. The standard InChI is InChI=1S/C24H31FN2O2/c1-27(21-11-3-2-4-12-21)18-19-9-5-6-14-23(19)26-24(28)15-8-16-29-22-13-7-10-20(25)17-22/h5-7,9-10,13-14,17,21H,2-4,8,11-12,15-16,18H2,1H3,(H,26,28). The van der Waals surface area contributed by atoms with Gasteiger partial charge in [0.15, 0.2) is 0 Å². The summed E-state index contributed by atoms with van der Waals surface area (Å²) in [7, 11) is 2.18. The molecule has 0 unspecified atom stereocenters. The molecule has 0 radical (unpaired) electrons. The van der Waals surface area contributed by atoms with E-state index in [1.165, 1.54) is 44.2 Å². The molecule has 1 N–H and O–H groups in total. The van der Waals surface area contributed by atoms with Crippen LogP contribution in [0.4, 0.5) is 10.1 Å². The number of nitrogens with zero attached hydrogens (tertiary/aromatic N) is 1. The van der Waals surface area contributed by atoms with Crippen LogP contribution in [0.1, 0.15) is 50.5 Å². The molecular weight excluding hydrogens is 367 g/mol. The van der Waals surface area contributed by atoms with E-state index >= 15 is 0 Å². The molecular formula is C24H31FN2O2. The molecule has 1 saturated carbocycles. The number of ether oxygens (including phenoxy) is 1. The molecule has 1 aliphatic rings. The number of amides is 1. The van der Waals surface area contributed by atoms with Gasteiger partial charge in [-0.2, -0.15) is 0 Å². The number of para-hydroxylation sites is 1. The summed E-state index contributed by atoms with van der Waals surface area (Å²) in [5.74, 6) is 0.136. The van der Waals surface area contributed by atoms with E-state index in [1.807, 2.05) is 18.2 Å². The Bertz CT molecular complexity index is 790. The Kier molecular flexibility index (Phi) is 8.05. The van der Waals surface area contributed by atoms with Crippen LogP contribution in [0.25, 0.3) is 0 Å². The second-order valence-corrected chi connectivity index (χ2v) is 7.82. The van der Waals surface area contributed by atoms with Crippen molar-refractivity contribution in [2.45, 2.75) is 57.5 Å². The van der Waals surface area contributed by atoms with Crippen LogP contribution in [0.3, 0.4) is 0 Å². The lowest BCUT2D eigenvalue weighted by Crippen LogP contribution is -2.33. The summed E-state index contributed by atoms with van der Waals surface area (Å²) < 4.78 is 18.7. The Morgan fingerprint density at radius 2 is 1.93 bits per heavy atom. The molecule has 2 aromatic carbocycles. The number of hydrogen-bond donors (Lipinski definition) is 1. The van der Waals surface area contributed by atoms with E-state index < -0.39 is 0 Å². The van der Waals surface area contributed by atoms with E-state index in [9.17, 15) is 9.18 Å². The lowest BCUT2D eigenvalue weighted by Gasteiger charge is -2.31. The summed E-state index contributed by atoms with van der Waals surface area (Å²) in [6.07, 6.45) is 7.43. The van der Waals surface area contributed by atoms with Gasteiger partial charge in [0, 0.05) is 30.8 Å². The molecule has 0 aromatic heterocycles. The normalized spacial score (nSPS) is 14.7. The molecule has 0 saturated heterocycles. The number of benzene rings is 2. The third-order valence-electron chi connectivity index (χ3n) is 5.52. The molecule has 3 rings (SSSR count). The first-order chi connectivity index (χ1) is 14.1. The summed E-state index contributed by atoms with van der Waals surface area (Å²) in [5.41, 5.74) is 2.02. The van der Waals surface area contributed by atoms with E-state index in [1.54, 1.807) is 12.1 Å². The second kappa shape index (κ2) is 11.0. The highest BCUT2D eigenvalue weighted by Crippen LogP contribution is 2.25. The van der Waals surface area contributed by atoms with Crippen molar-refractivity contribution in [3.05, 3.63) is 59.9 Å². The lowest BCUT2D eigenvalue weighted by molar-refractivity contribution is -0.116. The van der Waals surface area contributed by atoms with Gasteiger partial charge in [0.25, 0.3) is 0 Å². The zero-order chi connectivity index (χ0) is 20.5. The van der Waals surface area contributed by atoms with Crippen molar-refractivity contribution >= 4 is 11.6 Å². The molecule has 0 bridgehead atoms. The molecule has 156 valence electrons. The van der Waals surface area contributed by atoms with E-state index in [0.29, 0.717) is 31.2 Å². The average molecular weight is 399 g/mol.